The summed E-state index contributed by atoms with van der Waals surface area (Å²) in [5.41, 5.74) is 0.874. The molecule has 0 atom stereocenters. The number of amides is 1. The fourth-order valence-electron chi connectivity index (χ4n) is 1.29. The maximum Gasteiger partial charge on any atom is 0.411 e. The molecule has 8 heteroatoms. The summed E-state index contributed by atoms with van der Waals surface area (Å²) in [4.78, 5) is 15.5. The van der Waals surface area contributed by atoms with Crippen molar-refractivity contribution in [2.45, 2.75) is 13.1 Å². The van der Waals surface area contributed by atoms with Crippen molar-refractivity contribution in [1.29, 1.82) is 0 Å². The molecule has 0 aliphatic rings. The molecule has 0 fully saturated rings. The van der Waals surface area contributed by atoms with Gasteiger partial charge in [-0.3, -0.25) is 4.79 Å². The minimum Gasteiger partial charge on any atom is -0.370 e. The summed E-state index contributed by atoms with van der Waals surface area (Å²) in [6.45, 7) is 0.106. The number of alkyl halides is 3. The van der Waals surface area contributed by atoms with Crippen LogP contribution in [-0.4, -0.2) is 36.8 Å². The molecular weight excluding hydrogens is 285 g/mol. The van der Waals surface area contributed by atoms with E-state index in [2.05, 4.69) is 15.0 Å². The van der Waals surface area contributed by atoms with Gasteiger partial charge in [0.15, 0.2) is 0 Å². The number of nitrogens with one attached hydrogen (secondary N) is 1. The molecule has 0 spiro atoms. The monoisotopic (exact) mass is 296 g/mol. The highest BCUT2D eigenvalue weighted by Crippen LogP contribution is 2.14. The lowest BCUT2D eigenvalue weighted by molar-refractivity contribution is -0.173. The Morgan fingerprint density at radius 1 is 1.47 bits per heavy atom. The lowest BCUT2D eigenvalue weighted by Gasteiger charge is -2.09. The Bertz CT molecular complexity index is 432. The van der Waals surface area contributed by atoms with Gasteiger partial charge in [0.05, 0.1) is 6.61 Å². The van der Waals surface area contributed by atoms with E-state index < -0.39 is 18.7 Å². The summed E-state index contributed by atoms with van der Waals surface area (Å²) < 4.78 is 39.6. The first-order chi connectivity index (χ1) is 8.78. The molecule has 0 saturated heterocycles. The maximum absolute atomic E-state index is 11.8. The molecule has 0 saturated carbocycles. The number of nitrogens with zero attached hydrogens (tertiary/aromatic N) is 1. The Kier molecular flexibility index (Phi) is 5.56. The molecule has 4 nitrogen and oxygen atoms in total. The first-order valence-electron chi connectivity index (χ1n) is 5.35. The molecule has 0 radical (unpaired) electrons. The lowest BCUT2D eigenvalue weighted by Crippen LogP contribution is -2.29. The zero-order valence-electron chi connectivity index (χ0n) is 10.1. The Morgan fingerprint density at radius 3 is 2.74 bits per heavy atom. The number of hydrogen-bond acceptors (Lipinski definition) is 3. The summed E-state index contributed by atoms with van der Waals surface area (Å²) in [5, 5.41) is 2.60. The highest BCUT2D eigenvalue weighted by molar-refractivity contribution is 6.29. The molecule has 106 valence electrons. The van der Waals surface area contributed by atoms with Crippen molar-refractivity contribution in [3.63, 3.8) is 0 Å². The van der Waals surface area contributed by atoms with Crippen LogP contribution in [-0.2, 0) is 4.74 Å². The molecule has 1 aromatic heterocycles. The lowest BCUT2D eigenvalue weighted by atomic mass is 10.2. The van der Waals surface area contributed by atoms with Crippen LogP contribution in [0.15, 0.2) is 12.1 Å². The van der Waals surface area contributed by atoms with Crippen molar-refractivity contribution in [2.24, 2.45) is 0 Å². The zero-order chi connectivity index (χ0) is 14.5. The third-order valence-corrected chi connectivity index (χ3v) is 2.18. The Hall–Kier alpha value is -1.34. The predicted molar refractivity (Wildman–Crippen MR) is 63.2 cm³/mol. The summed E-state index contributed by atoms with van der Waals surface area (Å²) in [6.07, 6.45) is -4.36. The quantitative estimate of drug-likeness (QED) is 0.670. The Labute approximate surface area is 112 Å². The third kappa shape index (κ3) is 6.40. The summed E-state index contributed by atoms with van der Waals surface area (Å²) in [7, 11) is 0. The van der Waals surface area contributed by atoms with E-state index in [9.17, 15) is 18.0 Å². The molecule has 0 bridgehead atoms. The standard InChI is InChI=1S/C11H12ClF3N2O2/c1-7-4-8(5-9(12)17-7)10(18)16-2-3-19-6-11(13,14)15/h4-5H,2-3,6H2,1H3,(H,16,18). The number of hydrogen-bond donors (Lipinski definition) is 1. The number of rotatable bonds is 5. The molecule has 0 unspecified atom stereocenters. The fourth-order valence-corrected chi connectivity index (χ4v) is 1.54. The molecule has 1 amide bonds. The number of pyridine rings is 1. The van der Waals surface area contributed by atoms with Crippen molar-refractivity contribution < 1.29 is 22.7 Å². The van der Waals surface area contributed by atoms with Crippen LogP contribution in [0.3, 0.4) is 0 Å². The molecular formula is C11H12ClF3N2O2. The van der Waals surface area contributed by atoms with E-state index in [4.69, 9.17) is 11.6 Å². The average Bonchev–Trinajstić information content (AvgIpc) is 2.25. The SMILES string of the molecule is Cc1cc(C(=O)NCCOCC(F)(F)F)cc(Cl)n1. The molecule has 1 heterocycles. The van der Waals surface area contributed by atoms with Crippen LogP contribution in [0, 0.1) is 6.92 Å². The molecule has 0 aliphatic heterocycles. The van der Waals surface area contributed by atoms with Gasteiger partial charge in [-0.15, -0.1) is 0 Å². The predicted octanol–water partition coefficient (Wildman–Crippen LogP) is 2.35. The number of carbonyl (C=O) groups is 1. The van der Waals surface area contributed by atoms with Gasteiger partial charge in [0.2, 0.25) is 0 Å². The van der Waals surface area contributed by atoms with Crippen LogP contribution in [0.4, 0.5) is 13.2 Å². The number of ether oxygens (including phenoxy) is 1. The van der Waals surface area contributed by atoms with E-state index in [1.54, 1.807) is 6.92 Å². The summed E-state index contributed by atoms with van der Waals surface area (Å²) in [5.74, 6) is -0.442. The average molecular weight is 297 g/mol. The van der Waals surface area contributed by atoms with Crippen molar-refractivity contribution in [1.82, 2.24) is 10.3 Å². The van der Waals surface area contributed by atoms with E-state index in [1.807, 2.05) is 0 Å². The molecule has 0 aromatic carbocycles. The van der Waals surface area contributed by atoms with Gasteiger partial charge in [0, 0.05) is 17.8 Å². The minimum atomic E-state index is -4.36. The van der Waals surface area contributed by atoms with E-state index in [-0.39, 0.29) is 18.3 Å². The van der Waals surface area contributed by atoms with Gasteiger partial charge in [-0.1, -0.05) is 11.6 Å². The van der Waals surface area contributed by atoms with Crippen LogP contribution in [0.1, 0.15) is 16.1 Å². The van der Waals surface area contributed by atoms with Crippen molar-refractivity contribution in [3.8, 4) is 0 Å². The van der Waals surface area contributed by atoms with Gasteiger partial charge in [0.1, 0.15) is 11.8 Å². The van der Waals surface area contributed by atoms with Gasteiger partial charge in [0.25, 0.3) is 5.91 Å². The van der Waals surface area contributed by atoms with E-state index in [1.165, 1.54) is 12.1 Å². The number of aryl methyl sites for hydroxylation is 1. The van der Waals surface area contributed by atoms with Crippen molar-refractivity contribution in [2.75, 3.05) is 19.8 Å². The van der Waals surface area contributed by atoms with Gasteiger partial charge in [-0.25, -0.2) is 4.98 Å². The maximum atomic E-state index is 11.8. The Balaban J connectivity index is 2.35. The fraction of sp³-hybridized carbons (Fsp3) is 0.455. The number of aromatic nitrogens is 1. The highest BCUT2D eigenvalue weighted by atomic mass is 35.5. The van der Waals surface area contributed by atoms with Crippen LogP contribution < -0.4 is 5.32 Å². The van der Waals surface area contributed by atoms with Gasteiger partial charge in [-0.2, -0.15) is 13.2 Å². The molecule has 1 N–H and O–H groups in total. The molecule has 1 rings (SSSR count). The van der Waals surface area contributed by atoms with E-state index in [0.29, 0.717) is 11.3 Å². The van der Waals surface area contributed by atoms with E-state index >= 15 is 0 Å². The van der Waals surface area contributed by atoms with Crippen LogP contribution >= 0.6 is 11.6 Å². The van der Waals surface area contributed by atoms with Crippen molar-refractivity contribution >= 4 is 17.5 Å². The smallest absolute Gasteiger partial charge is 0.370 e. The normalized spacial score (nSPS) is 11.4. The van der Waals surface area contributed by atoms with Gasteiger partial charge >= 0.3 is 6.18 Å². The van der Waals surface area contributed by atoms with E-state index in [0.717, 1.165) is 0 Å². The first-order valence-corrected chi connectivity index (χ1v) is 5.72. The van der Waals surface area contributed by atoms with Crippen LogP contribution in [0.2, 0.25) is 5.15 Å². The van der Waals surface area contributed by atoms with Crippen LogP contribution in [0.5, 0.6) is 0 Å². The minimum absolute atomic E-state index is 0.0199. The first kappa shape index (κ1) is 15.7. The van der Waals surface area contributed by atoms with Crippen molar-refractivity contribution in [3.05, 3.63) is 28.5 Å². The second-order valence-corrected chi connectivity index (χ2v) is 4.13. The Morgan fingerprint density at radius 2 is 2.16 bits per heavy atom. The van der Waals surface area contributed by atoms with Crippen LogP contribution in [0.25, 0.3) is 0 Å². The topological polar surface area (TPSA) is 51.2 Å². The third-order valence-electron chi connectivity index (χ3n) is 1.98. The molecule has 1 aromatic rings. The van der Waals surface area contributed by atoms with Gasteiger partial charge in [-0.05, 0) is 19.1 Å². The largest absolute Gasteiger partial charge is 0.411 e. The number of halogens is 4. The molecule has 0 aliphatic carbocycles. The van der Waals surface area contributed by atoms with Gasteiger partial charge < -0.3 is 10.1 Å². The highest BCUT2D eigenvalue weighted by Gasteiger charge is 2.27. The second-order valence-electron chi connectivity index (χ2n) is 3.74. The second kappa shape index (κ2) is 6.72. The molecule has 19 heavy (non-hydrogen) atoms. The zero-order valence-corrected chi connectivity index (χ0v) is 10.8. The number of carbonyl (C=O) groups excluding carboxylic acids is 1. The summed E-state index contributed by atoms with van der Waals surface area (Å²) in [6, 6.07) is 2.90. The summed E-state index contributed by atoms with van der Waals surface area (Å²) >= 11 is 5.69.